The van der Waals surface area contributed by atoms with Crippen molar-refractivity contribution in [2.75, 3.05) is 13.1 Å². The van der Waals surface area contributed by atoms with Crippen LogP contribution in [0.1, 0.15) is 33.9 Å². The third kappa shape index (κ3) is 6.47. The fourth-order valence-electron chi connectivity index (χ4n) is 2.59. The Bertz CT molecular complexity index is 675. The largest absolute Gasteiger partial charge is 0.487 e. The van der Waals surface area contributed by atoms with E-state index in [4.69, 9.17) is 4.74 Å². The molecule has 8 heteroatoms. The highest BCUT2D eigenvalue weighted by molar-refractivity contribution is 7.09. The van der Waals surface area contributed by atoms with Crippen molar-refractivity contribution in [1.82, 2.24) is 15.6 Å². The number of halogens is 2. The molecule has 5 nitrogen and oxygen atoms in total. The number of nitrogens with one attached hydrogen (secondary N) is 2. The van der Waals surface area contributed by atoms with Crippen molar-refractivity contribution in [2.24, 2.45) is 0 Å². The fraction of sp³-hybridized carbons (Fsp3) is 0.412. The van der Waals surface area contributed by atoms with Gasteiger partial charge in [-0.25, -0.2) is 4.98 Å². The Morgan fingerprint density at radius 2 is 2.12 bits per heavy atom. The molecule has 0 atom stereocenters. The minimum absolute atomic E-state index is 0. The number of aromatic nitrogens is 1. The second kappa shape index (κ2) is 10.6. The third-order valence-electron chi connectivity index (χ3n) is 3.82. The summed E-state index contributed by atoms with van der Waals surface area (Å²) in [5.41, 5.74) is 1.55. The first kappa shape index (κ1) is 21.7. The molecule has 1 aromatic carbocycles. The average molecular weight is 404 g/mol. The SMILES string of the molecule is Cc1nc(COc2cccc(C(=O)NC3CCNCC3)c2)cs1.Cl.Cl. The van der Waals surface area contributed by atoms with Gasteiger partial charge in [-0.2, -0.15) is 0 Å². The van der Waals surface area contributed by atoms with Gasteiger partial charge in [0.25, 0.3) is 5.91 Å². The molecular formula is C17H23Cl2N3O2S. The molecule has 1 amide bonds. The molecule has 0 saturated carbocycles. The lowest BCUT2D eigenvalue weighted by atomic mass is 10.1. The first-order chi connectivity index (χ1) is 11.2. The monoisotopic (exact) mass is 403 g/mol. The molecule has 0 unspecified atom stereocenters. The van der Waals surface area contributed by atoms with Crippen LogP contribution in [-0.2, 0) is 6.61 Å². The number of carbonyl (C=O) groups is 1. The minimum Gasteiger partial charge on any atom is -0.487 e. The predicted molar refractivity (Wildman–Crippen MR) is 105 cm³/mol. The molecule has 2 heterocycles. The second-order valence-electron chi connectivity index (χ2n) is 5.67. The number of thiazole rings is 1. The number of nitrogens with zero attached hydrogens (tertiary/aromatic N) is 1. The number of amides is 1. The number of hydrogen-bond donors (Lipinski definition) is 2. The maximum absolute atomic E-state index is 12.3. The van der Waals surface area contributed by atoms with Crippen molar-refractivity contribution in [3.8, 4) is 5.75 Å². The maximum Gasteiger partial charge on any atom is 0.251 e. The van der Waals surface area contributed by atoms with Gasteiger partial charge >= 0.3 is 0 Å². The zero-order chi connectivity index (χ0) is 16.1. The van der Waals surface area contributed by atoms with E-state index in [9.17, 15) is 4.79 Å². The van der Waals surface area contributed by atoms with Crippen LogP contribution in [0.25, 0.3) is 0 Å². The quantitative estimate of drug-likeness (QED) is 0.802. The van der Waals surface area contributed by atoms with Crippen LogP contribution in [0.15, 0.2) is 29.6 Å². The van der Waals surface area contributed by atoms with E-state index in [0.29, 0.717) is 17.9 Å². The van der Waals surface area contributed by atoms with Gasteiger partial charge in [0.05, 0.1) is 10.7 Å². The molecule has 0 aliphatic carbocycles. The third-order valence-corrected chi connectivity index (χ3v) is 4.65. The fourth-order valence-corrected chi connectivity index (χ4v) is 3.19. The van der Waals surface area contributed by atoms with E-state index >= 15 is 0 Å². The smallest absolute Gasteiger partial charge is 0.251 e. The Labute approximate surface area is 164 Å². The zero-order valence-corrected chi connectivity index (χ0v) is 16.4. The molecule has 1 aliphatic heterocycles. The zero-order valence-electron chi connectivity index (χ0n) is 14.0. The molecule has 25 heavy (non-hydrogen) atoms. The predicted octanol–water partition coefficient (Wildman–Crippen LogP) is 3.36. The van der Waals surface area contributed by atoms with E-state index < -0.39 is 0 Å². The number of benzene rings is 1. The van der Waals surface area contributed by atoms with Gasteiger partial charge in [0.1, 0.15) is 12.4 Å². The molecule has 0 bridgehead atoms. The molecule has 2 N–H and O–H groups in total. The van der Waals surface area contributed by atoms with E-state index in [1.54, 1.807) is 17.4 Å². The van der Waals surface area contributed by atoms with E-state index in [0.717, 1.165) is 36.6 Å². The molecule has 2 aromatic rings. The number of rotatable bonds is 5. The Kier molecular flexibility index (Phi) is 9.21. The first-order valence-corrected chi connectivity index (χ1v) is 8.74. The number of piperidine rings is 1. The Balaban J connectivity index is 0.00000156. The summed E-state index contributed by atoms with van der Waals surface area (Å²) in [6.45, 7) is 4.31. The lowest BCUT2D eigenvalue weighted by molar-refractivity contribution is 0.0929. The molecule has 1 aliphatic rings. The molecule has 0 spiro atoms. The summed E-state index contributed by atoms with van der Waals surface area (Å²) in [6.07, 6.45) is 1.95. The Morgan fingerprint density at radius 3 is 2.80 bits per heavy atom. The standard InChI is InChI=1S/C17H21N3O2S.2ClH/c1-12-19-15(11-23-12)10-22-16-4-2-3-13(9-16)17(21)20-14-5-7-18-8-6-14;;/h2-4,9,11,14,18H,5-8,10H2,1H3,(H,20,21);2*1H. The summed E-state index contributed by atoms with van der Waals surface area (Å²) in [6, 6.07) is 7.57. The Hall–Kier alpha value is -1.34. The summed E-state index contributed by atoms with van der Waals surface area (Å²) >= 11 is 1.61. The van der Waals surface area contributed by atoms with Gasteiger partial charge in [-0.05, 0) is 51.1 Å². The van der Waals surface area contributed by atoms with Crippen molar-refractivity contribution >= 4 is 42.1 Å². The number of ether oxygens (including phenoxy) is 1. The summed E-state index contributed by atoms with van der Waals surface area (Å²) in [5, 5.41) is 9.40. The first-order valence-electron chi connectivity index (χ1n) is 7.86. The van der Waals surface area contributed by atoms with E-state index in [1.807, 2.05) is 30.5 Å². The number of aryl methyl sites for hydroxylation is 1. The van der Waals surface area contributed by atoms with Crippen LogP contribution in [0, 0.1) is 6.92 Å². The van der Waals surface area contributed by atoms with Crippen molar-refractivity contribution in [1.29, 1.82) is 0 Å². The topological polar surface area (TPSA) is 63.2 Å². The van der Waals surface area contributed by atoms with Crippen LogP contribution in [0.4, 0.5) is 0 Å². The molecule has 1 aromatic heterocycles. The van der Waals surface area contributed by atoms with Crippen molar-refractivity contribution in [3.05, 3.63) is 45.9 Å². The van der Waals surface area contributed by atoms with Crippen molar-refractivity contribution in [2.45, 2.75) is 32.4 Å². The minimum atomic E-state index is -0.0353. The summed E-state index contributed by atoms with van der Waals surface area (Å²) in [5.74, 6) is 0.653. The molecule has 138 valence electrons. The van der Waals surface area contributed by atoms with Gasteiger partial charge in [-0.15, -0.1) is 36.2 Å². The van der Waals surface area contributed by atoms with Gasteiger partial charge in [-0.3, -0.25) is 4.79 Å². The normalized spacial score (nSPS) is 14.1. The van der Waals surface area contributed by atoms with E-state index in [1.165, 1.54) is 0 Å². The van der Waals surface area contributed by atoms with Gasteiger partial charge in [0.15, 0.2) is 0 Å². The summed E-state index contributed by atoms with van der Waals surface area (Å²) in [4.78, 5) is 16.7. The Morgan fingerprint density at radius 1 is 1.36 bits per heavy atom. The second-order valence-corrected chi connectivity index (χ2v) is 6.73. The summed E-state index contributed by atoms with van der Waals surface area (Å²) < 4.78 is 5.74. The van der Waals surface area contributed by atoms with Crippen LogP contribution in [0.2, 0.25) is 0 Å². The van der Waals surface area contributed by atoms with Gasteiger partial charge in [-0.1, -0.05) is 6.07 Å². The number of carbonyl (C=O) groups excluding carboxylic acids is 1. The van der Waals surface area contributed by atoms with Gasteiger partial charge in [0, 0.05) is 17.0 Å². The maximum atomic E-state index is 12.3. The van der Waals surface area contributed by atoms with Crippen LogP contribution in [0.5, 0.6) is 5.75 Å². The average Bonchev–Trinajstić information content (AvgIpc) is 3.00. The highest BCUT2D eigenvalue weighted by atomic mass is 35.5. The van der Waals surface area contributed by atoms with E-state index in [2.05, 4.69) is 15.6 Å². The van der Waals surface area contributed by atoms with Crippen LogP contribution >= 0.6 is 36.2 Å². The van der Waals surface area contributed by atoms with Crippen molar-refractivity contribution < 1.29 is 9.53 Å². The van der Waals surface area contributed by atoms with Crippen molar-refractivity contribution in [3.63, 3.8) is 0 Å². The lowest BCUT2D eigenvalue weighted by Crippen LogP contribution is -2.42. The van der Waals surface area contributed by atoms with E-state index in [-0.39, 0.29) is 36.8 Å². The molecule has 0 radical (unpaired) electrons. The van der Waals surface area contributed by atoms with Gasteiger partial charge < -0.3 is 15.4 Å². The van der Waals surface area contributed by atoms with Crippen LogP contribution < -0.4 is 15.4 Å². The van der Waals surface area contributed by atoms with Gasteiger partial charge in [0.2, 0.25) is 0 Å². The highest BCUT2D eigenvalue weighted by Crippen LogP contribution is 2.17. The number of hydrogen-bond acceptors (Lipinski definition) is 5. The molecule has 3 rings (SSSR count). The summed E-state index contributed by atoms with van der Waals surface area (Å²) in [7, 11) is 0. The molecular weight excluding hydrogens is 381 g/mol. The van der Waals surface area contributed by atoms with Crippen LogP contribution in [0.3, 0.4) is 0 Å². The highest BCUT2D eigenvalue weighted by Gasteiger charge is 2.16. The lowest BCUT2D eigenvalue weighted by Gasteiger charge is -2.23. The van der Waals surface area contributed by atoms with Crippen LogP contribution in [-0.4, -0.2) is 30.0 Å². The molecule has 1 saturated heterocycles. The molecule has 1 fully saturated rings.